The van der Waals surface area contributed by atoms with E-state index >= 15 is 0 Å². The summed E-state index contributed by atoms with van der Waals surface area (Å²) in [6.45, 7) is 8.32. The normalized spacial score (nSPS) is 13.9. The van der Waals surface area contributed by atoms with Gasteiger partial charge in [-0.05, 0) is 80.7 Å². The van der Waals surface area contributed by atoms with E-state index in [4.69, 9.17) is 14.5 Å². The smallest absolute Gasteiger partial charge is 0.414 e. The number of nitrogens with zero attached hydrogens (tertiary/aromatic N) is 4. The van der Waals surface area contributed by atoms with Crippen LogP contribution in [-0.2, 0) is 15.0 Å². The highest BCUT2D eigenvalue weighted by atomic mass is 16.6. The minimum absolute atomic E-state index is 0.413. The fourth-order valence-electron chi connectivity index (χ4n) is 6.62. The van der Waals surface area contributed by atoms with Crippen molar-refractivity contribution in [3.8, 4) is 0 Å². The summed E-state index contributed by atoms with van der Waals surface area (Å²) in [6.07, 6.45) is 5.74. The third-order valence-electron chi connectivity index (χ3n) is 8.75. The quantitative estimate of drug-likeness (QED) is 0.164. The summed E-state index contributed by atoms with van der Waals surface area (Å²) in [5, 5.41) is 0. The second-order valence-electron chi connectivity index (χ2n) is 13.0. The molecule has 0 atom stereocenters. The number of imidazole rings is 1. The number of carbonyl (C=O) groups excluding carboxylic acids is 2. The zero-order valence-corrected chi connectivity index (χ0v) is 28.7. The second kappa shape index (κ2) is 13.8. The fourth-order valence-corrected chi connectivity index (χ4v) is 6.62. The highest BCUT2D eigenvalue weighted by molar-refractivity contribution is 5.99. The van der Waals surface area contributed by atoms with E-state index < -0.39 is 23.3 Å². The molecule has 250 valence electrons. The van der Waals surface area contributed by atoms with Crippen LogP contribution in [0.4, 0.5) is 21.0 Å². The number of amides is 2. The molecule has 1 aliphatic rings. The maximum atomic E-state index is 13.4. The summed E-state index contributed by atoms with van der Waals surface area (Å²) >= 11 is 0. The summed E-state index contributed by atoms with van der Waals surface area (Å²) in [5.74, 6) is 0. The van der Waals surface area contributed by atoms with E-state index in [2.05, 4.69) is 89.6 Å². The lowest BCUT2D eigenvalue weighted by Gasteiger charge is -2.37. The van der Waals surface area contributed by atoms with Crippen LogP contribution in [0.15, 0.2) is 122 Å². The van der Waals surface area contributed by atoms with Crippen molar-refractivity contribution in [3.05, 3.63) is 150 Å². The molecule has 1 aliphatic heterocycles. The van der Waals surface area contributed by atoms with E-state index in [1.54, 1.807) is 9.80 Å². The lowest BCUT2D eigenvalue weighted by Crippen LogP contribution is -2.39. The highest BCUT2D eigenvalue weighted by Crippen LogP contribution is 2.42. The Bertz CT molecular complexity index is 1850. The van der Waals surface area contributed by atoms with E-state index in [1.807, 2.05) is 70.4 Å². The monoisotopic (exact) mass is 654 g/mol. The molecule has 5 aromatic rings. The van der Waals surface area contributed by atoms with E-state index in [1.165, 1.54) is 7.11 Å². The van der Waals surface area contributed by atoms with E-state index in [0.29, 0.717) is 30.9 Å². The van der Waals surface area contributed by atoms with Crippen LogP contribution in [0.25, 0.3) is 11.6 Å². The molecule has 0 saturated heterocycles. The molecule has 8 heteroatoms. The van der Waals surface area contributed by atoms with Gasteiger partial charge in [-0.25, -0.2) is 14.6 Å². The average molecular weight is 655 g/mol. The van der Waals surface area contributed by atoms with Crippen molar-refractivity contribution < 1.29 is 19.1 Å². The Kier molecular flexibility index (Phi) is 9.40. The molecule has 0 unspecified atom stereocenters. The van der Waals surface area contributed by atoms with Gasteiger partial charge in [-0.1, -0.05) is 91.0 Å². The molecule has 4 aromatic carbocycles. The number of hydrogen-bond donors (Lipinski definition) is 0. The molecule has 0 fully saturated rings. The van der Waals surface area contributed by atoms with Gasteiger partial charge in [0, 0.05) is 30.5 Å². The molecule has 2 amide bonds. The summed E-state index contributed by atoms with van der Waals surface area (Å²) in [5.41, 5.74) is 5.94. The summed E-state index contributed by atoms with van der Waals surface area (Å²) in [6, 6.07) is 37.1. The van der Waals surface area contributed by atoms with Crippen molar-refractivity contribution in [3.63, 3.8) is 0 Å². The van der Waals surface area contributed by atoms with Crippen LogP contribution in [0, 0.1) is 0 Å². The first-order chi connectivity index (χ1) is 23.7. The molecule has 1 aromatic heterocycles. The summed E-state index contributed by atoms with van der Waals surface area (Å²) in [4.78, 5) is 34.2. The van der Waals surface area contributed by atoms with Gasteiger partial charge in [0.15, 0.2) is 0 Å². The van der Waals surface area contributed by atoms with Crippen molar-refractivity contribution in [1.29, 1.82) is 0 Å². The van der Waals surface area contributed by atoms with Gasteiger partial charge in [0.25, 0.3) is 0 Å². The van der Waals surface area contributed by atoms with Gasteiger partial charge >= 0.3 is 12.2 Å². The minimum atomic E-state index is -0.694. The third-order valence-corrected chi connectivity index (χ3v) is 8.75. The van der Waals surface area contributed by atoms with Gasteiger partial charge in [-0.3, -0.25) is 9.80 Å². The molecule has 2 heterocycles. The Balaban J connectivity index is 1.50. The Hall–Kier alpha value is -5.63. The number of ether oxygens (including phenoxy) is 2. The van der Waals surface area contributed by atoms with Crippen LogP contribution >= 0.6 is 0 Å². The number of rotatable bonds is 7. The lowest BCUT2D eigenvalue weighted by molar-refractivity contribution is 0.0580. The van der Waals surface area contributed by atoms with Crippen molar-refractivity contribution >= 4 is 35.2 Å². The van der Waals surface area contributed by atoms with Gasteiger partial charge in [-0.2, -0.15) is 0 Å². The first-order valence-electron chi connectivity index (χ1n) is 16.6. The van der Waals surface area contributed by atoms with E-state index in [9.17, 15) is 9.59 Å². The molecule has 0 radical (unpaired) electrons. The molecular formula is C41H42N4O4. The Labute approximate surface area is 288 Å². The summed E-state index contributed by atoms with van der Waals surface area (Å²) < 4.78 is 13.0. The number of aromatic nitrogens is 2. The van der Waals surface area contributed by atoms with Gasteiger partial charge in [-0.15, -0.1) is 0 Å². The molecule has 0 N–H and O–H groups in total. The fraction of sp³-hybridized carbons (Fsp3) is 0.244. The zero-order chi connectivity index (χ0) is 34.6. The summed E-state index contributed by atoms with van der Waals surface area (Å²) in [7, 11) is 1.37. The van der Waals surface area contributed by atoms with Crippen molar-refractivity contribution in [2.24, 2.45) is 0 Å². The van der Waals surface area contributed by atoms with E-state index in [0.717, 1.165) is 33.5 Å². The van der Waals surface area contributed by atoms with E-state index in [-0.39, 0.29) is 0 Å². The zero-order valence-electron chi connectivity index (χ0n) is 28.7. The predicted octanol–water partition coefficient (Wildman–Crippen LogP) is 9.00. The minimum Gasteiger partial charge on any atom is -0.452 e. The molecule has 49 heavy (non-hydrogen) atoms. The number of fused-ring (bicyclic) bond motifs is 1. The van der Waals surface area contributed by atoms with Crippen molar-refractivity contribution in [2.45, 2.75) is 45.3 Å². The van der Waals surface area contributed by atoms with Crippen LogP contribution in [0.3, 0.4) is 0 Å². The topological polar surface area (TPSA) is 76.9 Å². The number of carbonyl (C=O) groups is 2. The van der Waals surface area contributed by atoms with Crippen molar-refractivity contribution in [1.82, 2.24) is 9.55 Å². The second-order valence-corrected chi connectivity index (χ2v) is 13.0. The van der Waals surface area contributed by atoms with Crippen LogP contribution in [0.5, 0.6) is 0 Å². The van der Waals surface area contributed by atoms with Crippen molar-refractivity contribution in [2.75, 3.05) is 30.0 Å². The molecule has 0 aliphatic carbocycles. The number of benzene rings is 4. The van der Waals surface area contributed by atoms with Crippen LogP contribution in [0.2, 0.25) is 0 Å². The predicted molar refractivity (Wildman–Crippen MR) is 195 cm³/mol. The van der Waals surface area contributed by atoms with Gasteiger partial charge in [0.05, 0.1) is 24.8 Å². The number of anilines is 2. The maximum Gasteiger partial charge on any atom is 0.414 e. The maximum absolute atomic E-state index is 13.4. The molecule has 6 rings (SSSR count). The SMILES string of the molecule is CCN(C(=O)OC)c1ccc2c(c1)/C(=C/c1cn(C(c3ccccc3)(c3ccccc3)c3ccccc3)cn1)CCN2C(=O)OC(C)(C)C. The molecule has 0 spiro atoms. The Morgan fingerprint density at radius 1 is 0.857 bits per heavy atom. The molecule has 8 nitrogen and oxygen atoms in total. The van der Waals surface area contributed by atoms with Gasteiger partial charge in [0.1, 0.15) is 11.1 Å². The molecule has 0 bridgehead atoms. The third kappa shape index (κ3) is 6.59. The molecular weight excluding hydrogens is 612 g/mol. The Morgan fingerprint density at radius 3 is 1.94 bits per heavy atom. The standard InChI is InChI=1S/C41H42N4O4/c1-6-44(38(46)48-5)35-22-23-37-36(27-35)30(24-25-45(37)39(47)49-40(2,3)4)26-34-28-43(29-42-34)41(31-16-10-7-11-17-31,32-18-12-8-13-19-32)33-20-14-9-15-21-33/h7-23,26-29H,6,24-25H2,1-5H3/b30-26+. The first kappa shape index (κ1) is 33.3. The lowest BCUT2D eigenvalue weighted by atomic mass is 9.77. The number of methoxy groups -OCH3 is 1. The van der Waals surface area contributed by atoms with Crippen LogP contribution in [0.1, 0.15) is 62.1 Å². The van der Waals surface area contributed by atoms with Gasteiger partial charge in [0.2, 0.25) is 0 Å². The average Bonchev–Trinajstić information content (AvgIpc) is 3.58. The Morgan fingerprint density at radius 2 is 1.43 bits per heavy atom. The largest absolute Gasteiger partial charge is 0.452 e. The molecule has 0 saturated carbocycles. The highest BCUT2D eigenvalue weighted by Gasteiger charge is 2.38. The van der Waals surface area contributed by atoms with Crippen LogP contribution < -0.4 is 9.80 Å². The number of hydrogen-bond acceptors (Lipinski definition) is 5. The van der Waals surface area contributed by atoms with Gasteiger partial charge < -0.3 is 14.0 Å². The first-order valence-corrected chi connectivity index (χ1v) is 16.6. The van der Waals surface area contributed by atoms with Crippen LogP contribution in [-0.4, -0.2) is 47.5 Å².